The van der Waals surface area contributed by atoms with E-state index in [2.05, 4.69) is 9.71 Å². The molecular formula is C24H30N2O4S. The Hall–Kier alpha value is -2.80. The van der Waals surface area contributed by atoms with Crippen molar-refractivity contribution < 1.29 is 17.9 Å². The molecule has 0 aromatic heterocycles. The fourth-order valence-corrected chi connectivity index (χ4v) is 5.03. The zero-order chi connectivity index (χ0) is 22.6. The minimum atomic E-state index is -3.63. The summed E-state index contributed by atoms with van der Waals surface area (Å²) in [4.78, 5) is 4.84. The molecule has 0 aliphatic carbocycles. The van der Waals surface area contributed by atoms with Gasteiger partial charge in [-0.2, -0.15) is 0 Å². The molecule has 1 aliphatic heterocycles. The smallest absolute Gasteiger partial charge is 0.264 e. The topological polar surface area (TPSA) is 77.0 Å². The number of amidine groups is 1. The van der Waals surface area contributed by atoms with E-state index in [1.54, 1.807) is 6.92 Å². The van der Waals surface area contributed by atoms with Gasteiger partial charge in [0.25, 0.3) is 10.0 Å². The average Bonchev–Trinajstić information content (AvgIpc) is 2.94. The van der Waals surface area contributed by atoms with Crippen LogP contribution < -0.4 is 14.2 Å². The molecule has 0 saturated heterocycles. The van der Waals surface area contributed by atoms with Gasteiger partial charge in [0.2, 0.25) is 0 Å². The fraction of sp³-hybridized carbons (Fsp3) is 0.375. The van der Waals surface area contributed by atoms with Crippen LogP contribution in [0.4, 0.5) is 0 Å². The molecule has 6 nitrogen and oxygen atoms in total. The number of hydrogen-bond donors (Lipinski definition) is 1. The maximum Gasteiger partial charge on any atom is 0.264 e. The van der Waals surface area contributed by atoms with Gasteiger partial charge >= 0.3 is 0 Å². The highest BCUT2D eigenvalue weighted by molar-refractivity contribution is 8.00. The molecule has 0 amide bonds. The molecule has 31 heavy (non-hydrogen) atoms. The van der Waals surface area contributed by atoms with Crippen molar-refractivity contribution in [1.29, 1.82) is 0 Å². The van der Waals surface area contributed by atoms with E-state index in [1.165, 1.54) is 0 Å². The Balaban J connectivity index is 1.81. The maximum atomic E-state index is 12.7. The van der Waals surface area contributed by atoms with Crippen LogP contribution in [0.5, 0.6) is 11.5 Å². The van der Waals surface area contributed by atoms with Gasteiger partial charge in [0.05, 0.1) is 13.2 Å². The summed E-state index contributed by atoms with van der Waals surface area (Å²) in [5.74, 6) is 1.84. The van der Waals surface area contributed by atoms with Crippen LogP contribution in [0.2, 0.25) is 0 Å². The molecule has 7 heteroatoms. The number of nitrogens with one attached hydrogen (secondary N) is 1. The van der Waals surface area contributed by atoms with Crippen molar-refractivity contribution in [3.63, 3.8) is 0 Å². The summed E-state index contributed by atoms with van der Waals surface area (Å²) in [5, 5.41) is 0. The van der Waals surface area contributed by atoms with Crippen molar-refractivity contribution in [2.24, 2.45) is 4.99 Å². The summed E-state index contributed by atoms with van der Waals surface area (Å²) in [6.07, 6.45) is 0.657. The lowest BCUT2D eigenvalue weighted by Crippen LogP contribution is -2.24. The molecule has 1 aliphatic rings. The predicted molar refractivity (Wildman–Crippen MR) is 125 cm³/mol. The molecule has 0 bridgehead atoms. The van der Waals surface area contributed by atoms with Crippen LogP contribution >= 0.6 is 0 Å². The highest BCUT2D eigenvalue weighted by Crippen LogP contribution is 2.31. The summed E-state index contributed by atoms with van der Waals surface area (Å²) >= 11 is 0. The minimum absolute atomic E-state index is 0.300. The molecule has 166 valence electrons. The standard InChI is InChI=1S/C24H30N2O4S/c1-6-29-21-11-9-19(15-22(21)30-7-2)12-13-25-24-18(5)23(31(27,28)26-24)20-10-8-16(3)17(4)14-20/h8-11,14-15H,6-7,12-13H2,1-5H3,(H,25,26). The largest absolute Gasteiger partial charge is 0.490 e. The lowest BCUT2D eigenvalue weighted by Gasteiger charge is -2.12. The van der Waals surface area contributed by atoms with Crippen LogP contribution in [0, 0.1) is 13.8 Å². The number of rotatable bonds is 8. The van der Waals surface area contributed by atoms with Crippen molar-refractivity contribution in [2.75, 3.05) is 19.8 Å². The summed E-state index contributed by atoms with van der Waals surface area (Å²) < 4.78 is 39.4. The van der Waals surface area contributed by atoms with Crippen molar-refractivity contribution >= 4 is 20.8 Å². The van der Waals surface area contributed by atoms with Gasteiger partial charge in [-0.1, -0.05) is 24.3 Å². The zero-order valence-corrected chi connectivity index (χ0v) is 19.6. The second-order valence-electron chi connectivity index (χ2n) is 7.49. The van der Waals surface area contributed by atoms with Crippen LogP contribution in [0.25, 0.3) is 4.91 Å². The van der Waals surface area contributed by atoms with Crippen molar-refractivity contribution in [2.45, 2.75) is 41.0 Å². The van der Waals surface area contributed by atoms with Crippen molar-refractivity contribution in [3.8, 4) is 11.5 Å². The lowest BCUT2D eigenvalue weighted by molar-refractivity contribution is 0.287. The number of ether oxygens (including phenoxy) is 2. The van der Waals surface area contributed by atoms with Gasteiger partial charge in [-0.25, -0.2) is 8.42 Å². The van der Waals surface area contributed by atoms with E-state index in [-0.39, 0.29) is 0 Å². The van der Waals surface area contributed by atoms with Crippen LogP contribution in [0.15, 0.2) is 47.0 Å². The van der Waals surface area contributed by atoms with E-state index in [0.29, 0.717) is 53.8 Å². The third-order valence-electron chi connectivity index (χ3n) is 5.24. The maximum absolute atomic E-state index is 12.7. The first-order valence-electron chi connectivity index (χ1n) is 10.5. The number of aryl methyl sites for hydroxylation is 2. The molecule has 0 atom stereocenters. The van der Waals surface area contributed by atoms with Crippen molar-refractivity contribution in [3.05, 3.63) is 64.2 Å². The second-order valence-corrected chi connectivity index (χ2v) is 9.11. The van der Waals surface area contributed by atoms with E-state index in [9.17, 15) is 8.42 Å². The summed E-state index contributed by atoms with van der Waals surface area (Å²) in [6, 6.07) is 11.5. The molecule has 0 fully saturated rings. The minimum Gasteiger partial charge on any atom is -0.490 e. The molecular weight excluding hydrogens is 412 g/mol. The zero-order valence-electron chi connectivity index (χ0n) is 18.8. The van der Waals surface area contributed by atoms with E-state index in [1.807, 2.05) is 64.1 Å². The number of benzene rings is 2. The first-order valence-corrected chi connectivity index (χ1v) is 12.0. The Morgan fingerprint density at radius 1 is 0.903 bits per heavy atom. The van der Waals surface area contributed by atoms with Crippen LogP contribution in [0.3, 0.4) is 0 Å². The van der Waals surface area contributed by atoms with Gasteiger partial charge in [0.1, 0.15) is 10.7 Å². The Morgan fingerprint density at radius 3 is 2.29 bits per heavy atom. The molecule has 2 aromatic carbocycles. The number of sulfonamides is 1. The molecule has 0 saturated carbocycles. The quantitative estimate of drug-likeness (QED) is 0.657. The highest BCUT2D eigenvalue weighted by Gasteiger charge is 2.32. The molecule has 0 unspecified atom stereocenters. The van der Waals surface area contributed by atoms with Crippen molar-refractivity contribution in [1.82, 2.24) is 4.72 Å². The predicted octanol–water partition coefficient (Wildman–Crippen LogP) is 4.41. The van der Waals surface area contributed by atoms with Gasteiger partial charge in [0.15, 0.2) is 11.5 Å². The lowest BCUT2D eigenvalue weighted by atomic mass is 10.0. The molecule has 1 N–H and O–H groups in total. The fourth-order valence-electron chi connectivity index (χ4n) is 3.52. The van der Waals surface area contributed by atoms with Gasteiger partial charge in [-0.15, -0.1) is 0 Å². The second kappa shape index (κ2) is 9.56. The summed E-state index contributed by atoms with van der Waals surface area (Å²) in [5.41, 5.74) is 4.56. The average molecular weight is 443 g/mol. The highest BCUT2D eigenvalue weighted by atomic mass is 32.2. The normalized spacial score (nSPS) is 16.5. The van der Waals surface area contributed by atoms with Gasteiger partial charge in [-0.3, -0.25) is 9.71 Å². The monoisotopic (exact) mass is 442 g/mol. The summed E-state index contributed by atoms with van der Waals surface area (Å²) in [7, 11) is -3.63. The Kier molecular flexibility index (Phi) is 7.05. The van der Waals surface area contributed by atoms with Crippen LogP contribution in [0.1, 0.15) is 43.0 Å². The molecule has 0 spiro atoms. The third-order valence-corrected chi connectivity index (χ3v) is 6.78. The van der Waals surface area contributed by atoms with Crippen LogP contribution in [-0.4, -0.2) is 34.0 Å². The first-order chi connectivity index (χ1) is 14.8. The van der Waals surface area contributed by atoms with E-state index in [4.69, 9.17) is 9.47 Å². The Morgan fingerprint density at radius 2 is 1.61 bits per heavy atom. The SMILES string of the molecule is CCOc1ccc(CCN=C2NS(=O)(=O)C(c3ccc(C)c(C)c3)=C2C)cc1OCC. The third kappa shape index (κ3) is 5.10. The van der Waals surface area contributed by atoms with Gasteiger partial charge in [0, 0.05) is 12.1 Å². The molecule has 0 radical (unpaired) electrons. The summed E-state index contributed by atoms with van der Waals surface area (Å²) in [6.45, 7) is 11.2. The molecule has 3 rings (SSSR count). The Bertz CT molecular complexity index is 1130. The number of aliphatic imine (C=N–C) groups is 1. The first kappa shape index (κ1) is 22.9. The van der Waals surface area contributed by atoms with E-state index >= 15 is 0 Å². The van der Waals surface area contributed by atoms with Crippen LogP contribution in [-0.2, 0) is 16.4 Å². The number of nitrogens with zero attached hydrogens (tertiary/aromatic N) is 1. The van der Waals surface area contributed by atoms with E-state index in [0.717, 1.165) is 22.4 Å². The van der Waals surface area contributed by atoms with Gasteiger partial charge < -0.3 is 9.47 Å². The van der Waals surface area contributed by atoms with Gasteiger partial charge in [-0.05, 0) is 75.4 Å². The van der Waals surface area contributed by atoms with E-state index < -0.39 is 10.0 Å². The Labute approximate surface area is 185 Å². The number of hydrogen-bond acceptors (Lipinski definition) is 5. The molecule has 1 heterocycles. The molecule has 2 aromatic rings.